The average Bonchev–Trinajstić information content (AvgIpc) is 3.50. The molecule has 5 N–H and O–H groups in total. The van der Waals surface area contributed by atoms with Crippen molar-refractivity contribution in [2.75, 3.05) is 11.9 Å². The molecule has 12 nitrogen and oxygen atoms in total. The molecule has 0 aromatic heterocycles. The zero-order valence-electron chi connectivity index (χ0n) is 32.1. The second-order valence-corrected chi connectivity index (χ2v) is 16.3. The van der Waals surface area contributed by atoms with E-state index < -0.39 is 60.8 Å². The minimum atomic E-state index is -5.75. The lowest BCUT2D eigenvalue weighted by Gasteiger charge is -2.31. The topological polar surface area (TPSA) is 174 Å². The maximum Gasteiger partial charge on any atom is 0.399 e. The Kier molecular flexibility index (Phi) is 13.3. The van der Waals surface area contributed by atoms with E-state index in [1.165, 1.54) is 28.7 Å². The van der Waals surface area contributed by atoms with Crippen LogP contribution >= 0.6 is 7.60 Å². The summed E-state index contributed by atoms with van der Waals surface area (Å²) in [5.74, 6) is -1.32. The molecule has 0 fully saturated rings. The summed E-state index contributed by atoms with van der Waals surface area (Å²) in [6.45, 7) is 7.92. The Hall–Kier alpha value is -4.75. The number of carbonyl (C=O) groups excluding carboxylic acids is 4. The summed E-state index contributed by atoms with van der Waals surface area (Å²) < 4.78 is 45.8. The number of anilines is 1. The van der Waals surface area contributed by atoms with Gasteiger partial charge in [0.15, 0.2) is 0 Å². The zero-order valence-corrected chi connectivity index (χ0v) is 32.9. The molecule has 2 heterocycles. The van der Waals surface area contributed by atoms with Crippen LogP contribution in [0.5, 0.6) is 0 Å². The number of nitrogens with one attached hydrogen (secondary N) is 3. The van der Waals surface area contributed by atoms with Gasteiger partial charge in [0.2, 0.25) is 23.6 Å². The van der Waals surface area contributed by atoms with Gasteiger partial charge in [-0.1, -0.05) is 80.6 Å². The lowest BCUT2D eigenvalue weighted by atomic mass is 10.0. The largest absolute Gasteiger partial charge is 0.399 e. The standard InChI is InChI=1S/C41H49F2N4O8P/c1-24(2)28-11-9-27(10-12-28)23-55-26(4)33(19-20-36(48)44-5)46-39(50)35-22-31-8-6-7-30-15-18-34(40(51)47(35)38(30)31)45-37(49)21-25(3)29-13-16-32(17-14-29)41(42,43)56(52,53)54/h6-14,16-17,21,24,26,33-35H,15,18-20,22-23H2,1-5H3,(H,44,48)(H,45,49)(H,46,50)(H2,52,53,54)/b25-21+/t26-,33+,34+,35+/m1/s1. The monoisotopic (exact) mass is 794 g/mol. The van der Waals surface area contributed by atoms with Crippen LogP contribution in [0, 0.1) is 0 Å². The molecule has 2 aliphatic rings. The van der Waals surface area contributed by atoms with Gasteiger partial charge < -0.3 is 30.5 Å². The molecule has 0 aliphatic carbocycles. The Morgan fingerprint density at radius 1 is 1.02 bits per heavy atom. The Morgan fingerprint density at radius 3 is 2.30 bits per heavy atom. The van der Waals surface area contributed by atoms with Crippen molar-refractivity contribution in [1.82, 2.24) is 16.0 Å². The first kappa shape index (κ1) is 42.4. The van der Waals surface area contributed by atoms with Gasteiger partial charge in [-0.2, -0.15) is 8.78 Å². The molecule has 300 valence electrons. The van der Waals surface area contributed by atoms with E-state index in [-0.39, 0.29) is 31.6 Å². The highest BCUT2D eigenvalue weighted by molar-refractivity contribution is 7.52. The number of para-hydroxylation sites is 1. The number of amides is 4. The van der Waals surface area contributed by atoms with E-state index >= 15 is 0 Å². The number of carbonyl (C=O) groups is 4. The second-order valence-electron chi connectivity index (χ2n) is 14.7. The van der Waals surface area contributed by atoms with Gasteiger partial charge in [0.25, 0.3) is 0 Å². The summed E-state index contributed by atoms with van der Waals surface area (Å²) in [4.78, 5) is 73.6. The average molecular weight is 795 g/mol. The maximum atomic E-state index is 14.3. The molecular formula is C41H49F2N4O8P. The van der Waals surface area contributed by atoms with Crippen molar-refractivity contribution in [3.8, 4) is 0 Å². The first-order chi connectivity index (χ1) is 26.4. The maximum absolute atomic E-state index is 14.3. The smallest absolute Gasteiger partial charge is 0.372 e. The molecule has 4 amide bonds. The molecule has 3 aromatic carbocycles. The highest BCUT2D eigenvalue weighted by Gasteiger charge is 2.50. The van der Waals surface area contributed by atoms with Crippen molar-refractivity contribution in [1.29, 1.82) is 0 Å². The Morgan fingerprint density at radius 2 is 1.68 bits per heavy atom. The van der Waals surface area contributed by atoms with Crippen LogP contribution in [-0.2, 0) is 53.6 Å². The zero-order chi connectivity index (χ0) is 40.9. The predicted octanol–water partition coefficient (Wildman–Crippen LogP) is 5.45. The van der Waals surface area contributed by atoms with Gasteiger partial charge in [0.1, 0.15) is 12.1 Å². The second kappa shape index (κ2) is 17.6. The quantitative estimate of drug-likeness (QED) is 0.0999. The van der Waals surface area contributed by atoms with E-state index in [1.54, 1.807) is 14.0 Å². The SMILES string of the molecule is CNC(=O)CC[C@H](NC(=O)[C@@H]1Cc2cccc3c2N1C(=O)[C@@H](NC(=O)/C=C(\C)c1ccc(C(F)(F)P(=O)(O)O)cc1)CC3)[C@@H](C)OCc1ccc(C(C)C)cc1. The Bertz CT molecular complexity index is 2020. The number of allylic oxidation sites excluding steroid dienone is 1. The van der Waals surface area contributed by atoms with Crippen LogP contribution in [0.15, 0.2) is 72.8 Å². The fourth-order valence-corrected chi connectivity index (χ4v) is 7.51. The van der Waals surface area contributed by atoms with Gasteiger partial charge in [-0.15, -0.1) is 0 Å². The van der Waals surface area contributed by atoms with Crippen LogP contribution in [0.1, 0.15) is 86.3 Å². The third kappa shape index (κ3) is 9.61. The lowest BCUT2D eigenvalue weighted by Crippen LogP contribution is -2.56. The van der Waals surface area contributed by atoms with Crippen LogP contribution in [0.2, 0.25) is 0 Å². The van der Waals surface area contributed by atoms with E-state index in [0.717, 1.165) is 28.8 Å². The van der Waals surface area contributed by atoms with Gasteiger partial charge in [-0.3, -0.25) is 28.6 Å². The first-order valence-electron chi connectivity index (χ1n) is 18.6. The number of alkyl halides is 2. The van der Waals surface area contributed by atoms with Crippen molar-refractivity contribution in [3.05, 3.63) is 106 Å². The van der Waals surface area contributed by atoms with Crippen molar-refractivity contribution in [3.63, 3.8) is 0 Å². The van der Waals surface area contributed by atoms with E-state index in [9.17, 15) is 32.5 Å². The van der Waals surface area contributed by atoms with Crippen molar-refractivity contribution in [2.24, 2.45) is 0 Å². The fourth-order valence-electron chi connectivity index (χ4n) is 7.03. The van der Waals surface area contributed by atoms with Crippen LogP contribution in [0.4, 0.5) is 14.5 Å². The van der Waals surface area contributed by atoms with Gasteiger partial charge in [-0.05, 0) is 72.4 Å². The number of hydrogen-bond acceptors (Lipinski definition) is 6. The normalized spacial score (nSPS) is 18.2. The third-order valence-electron chi connectivity index (χ3n) is 10.4. The fraction of sp³-hybridized carbons (Fsp3) is 0.415. The summed E-state index contributed by atoms with van der Waals surface area (Å²) in [5.41, 5.74) is -0.0514. The number of aryl methyl sites for hydroxylation is 1. The summed E-state index contributed by atoms with van der Waals surface area (Å²) in [5, 5.41) is 8.45. The van der Waals surface area contributed by atoms with E-state index in [4.69, 9.17) is 14.5 Å². The molecule has 0 unspecified atom stereocenters. The molecule has 0 saturated carbocycles. The van der Waals surface area contributed by atoms with E-state index in [1.807, 2.05) is 37.3 Å². The lowest BCUT2D eigenvalue weighted by molar-refractivity contribution is -0.129. The number of hydrogen-bond donors (Lipinski definition) is 5. The Balaban J connectivity index is 1.31. The van der Waals surface area contributed by atoms with E-state index in [2.05, 4.69) is 41.9 Å². The minimum absolute atomic E-state index is 0.140. The first-order valence-corrected chi connectivity index (χ1v) is 20.2. The van der Waals surface area contributed by atoms with Crippen molar-refractivity contribution < 1.29 is 47.0 Å². The van der Waals surface area contributed by atoms with Crippen LogP contribution in [0.25, 0.3) is 5.57 Å². The van der Waals surface area contributed by atoms with Gasteiger partial charge in [-0.25, -0.2) is 0 Å². The van der Waals surface area contributed by atoms with Crippen LogP contribution < -0.4 is 20.9 Å². The molecule has 3 aromatic rings. The number of benzene rings is 3. The number of nitrogens with zero attached hydrogens (tertiary/aromatic N) is 1. The van der Waals surface area contributed by atoms with Crippen molar-refractivity contribution in [2.45, 2.75) is 102 Å². The third-order valence-corrected chi connectivity index (χ3v) is 11.4. The highest BCUT2D eigenvalue weighted by atomic mass is 31.2. The number of ether oxygens (including phenoxy) is 1. The summed E-state index contributed by atoms with van der Waals surface area (Å²) in [6, 6.07) is 15.5. The molecular weight excluding hydrogens is 745 g/mol. The van der Waals surface area contributed by atoms with Crippen LogP contribution in [-0.4, -0.2) is 64.7 Å². The summed E-state index contributed by atoms with van der Waals surface area (Å²) in [7, 11) is -4.21. The predicted molar refractivity (Wildman–Crippen MR) is 208 cm³/mol. The number of halogens is 2. The summed E-state index contributed by atoms with van der Waals surface area (Å²) in [6.07, 6.45) is 2.09. The minimum Gasteiger partial charge on any atom is -0.372 e. The Labute approximate surface area is 325 Å². The molecule has 0 spiro atoms. The highest BCUT2D eigenvalue weighted by Crippen LogP contribution is 2.59. The molecule has 5 rings (SSSR count). The molecule has 0 radical (unpaired) electrons. The molecule has 0 bridgehead atoms. The van der Waals surface area contributed by atoms with E-state index in [0.29, 0.717) is 35.8 Å². The number of rotatable bonds is 15. The molecule has 56 heavy (non-hydrogen) atoms. The summed E-state index contributed by atoms with van der Waals surface area (Å²) >= 11 is 0. The van der Waals surface area contributed by atoms with Gasteiger partial charge in [0, 0.05) is 31.5 Å². The van der Waals surface area contributed by atoms with Gasteiger partial charge >= 0.3 is 13.3 Å². The van der Waals surface area contributed by atoms with Gasteiger partial charge in [0.05, 0.1) is 24.4 Å². The van der Waals surface area contributed by atoms with Crippen molar-refractivity contribution >= 4 is 42.5 Å². The molecule has 0 saturated heterocycles. The molecule has 15 heteroatoms. The molecule has 4 atom stereocenters. The van der Waals surface area contributed by atoms with Crippen LogP contribution in [0.3, 0.4) is 0 Å². The molecule has 2 aliphatic heterocycles.